The number of hydrogen-bond donors (Lipinski definition) is 2. The molecule has 0 bridgehead atoms. The van der Waals surface area contributed by atoms with Crippen molar-refractivity contribution < 1.29 is 9.90 Å². The van der Waals surface area contributed by atoms with Crippen LogP contribution in [0.3, 0.4) is 0 Å². The highest BCUT2D eigenvalue weighted by Crippen LogP contribution is 2.28. The van der Waals surface area contributed by atoms with Crippen LogP contribution in [0.5, 0.6) is 0 Å². The van der Waals surface area contributed by atoms with Crippen molar-refractivity contribution in [3.63, 3.8) is 0 Å². The van der Waals surface area contributed by atoms with Crippen LogP contribution in [0.15, 0.2) is 28.7 Å². The fourth-order valence-corrected chi connectivity index (χ4v) is 3.26. The predicted octanol–water partition coefficient (Wildman–Crippen LogP) is 4.13. The lowest BCUT2D eigenvalue weighted by Crippen LogP contribution is -2.38. The summed E-state index contributed by atoms with van der Waals surface area (Å²) in [6, 6.07) is 8.99. The molecule has 1 aromatic rings. The molecule has 4 heteroatoms. The van der Waals surface area contributed by atoms with E-state index < -0.39 is 5.97 Å². The number of carbonyl (C=O) groups is 1. The van der Waals surface area contributed by atoms with E-state index in [1.807, 2.05) is 0 Å². The molecular formula is C16H22BrNO2. The van der Waals surface area contributed by atoms with Gasteiger partial charge in [-0.2, -0.15) is 0 Å². The van der Waals surface area contributed by atoms with Crippen molar-refractivity contribution in [2.75, 3.05) is 0 Å². The van der Waals surface area contributed by atoms with Crippen LogP contribution in [0.1, 0.15) is 50.6 Å². The van der Waals surface area contributed by atoms with Crippen molar-refractivity contribution in [2.45, 2.75) is 51.1 Å². The molecule has 2 N–H and O–H groups in total. The number of benzene rings is 1. The third-order valence-electron chi connectivity index (χ3n) is 4.14. The number of halogens is 1. The molecule has 110 valence electrons. The first kappa shape index (κ1) is 15.5. The van der Waals surface area contributed by atoms with Gasteiger partial charge in [0, 0.05) is 16.6 Å². The van der Waals surface area contributed by atoms with Gasteiger partial charge >= 0.3 is 5.97 Å². The monoisotopic (exact) mass is 339 g/mol. The Hall–Kier alpha value is -0.870. The average molecular weight is 340 g/mol. The molecule has 0 spiro atoms. The van der Waals surface area contributed by atoms with E-state index >= 15 is 0 Å². The summed E-state index contributed by atoms with van der Waals surface area (Å²) in [4.78, 5) is 11.1. The summed E-state index contributed by atoms with van der Waals surface area (Å²) in [7, 11) is 0. The molecule has 1 saturated carbocycles. The Balaban J connectivity index is 1.99. The normalized spacial score (nSPS) is 24.3. The quantitative estimate of drug-likeness (QED) is 0.847. The molecule has 0 aromatic heterocycles. The van der Waals surface area contributed by atoms with Crippen molar-refractivity contribution >= 4 is 21.9 Å². The van der Waals surface area contributed by atoms with Crippen molar-refractivity contribution in [2.24, 2.45) is 5.92 Å². The second-order valence-electron chi connectivity index (χ2n) is 5.58. The maximum atomic E-state index is 11.1. The van der Waals surface area contributed by atoms with Gasteiger partial charge in [-0.25, -0.2) is 0 Å². The number of hydrogen-bond acceptors (Lipinski definition) is 2. The van der Waals surface area contributed by atoms with Gasteiger partial charge in [0.2, 0.25) is 0 Å². The number of carboxylic acid groups (broad SMARTS) is 1. The molecule has 3 unspecified atom stereocenters. The molecule has 20 heavy (non-hydrogen) atoms. The second kappa shape index (κ2) is 7.23. The summed E-state index contributed by atoms with van der Waals surface area (Å²) in [6.45, 7) is 2.16. The van der Waals surface area contributed by atoms with Gasteiger partial charge in [-0.15, -0.1) is 0 Å². The summed E-state index contributed by atoms with van der Waals surface area (Å²) in [5.41, 5.74) is 1.27. The minimum absolute atomic E-state index is 0.177. The highest BCUT2D eigenvalue weighted by molar-refractivity contribution is 9.10. The summed E-state index contributed by atoms with van der Waals surface area (Å²) in [5.74, 6) is -0.822. The maximum absolute atomic E-state index is 11.1. The third-order valence-corrected chi connectivity index (χ3v) is 4.67. The minimum Gasteiger partial charge on any atom is -0.481 e. The van der Waals surface area contributed by atoms with E-state index in [1.54, 1.807) is 0 Å². The van der Waals surface area contributed by atoms with Crippen LogP contribution in [0.2, 0.25) is 0 Å². The highest BCUT2D eigenvalue weighted by atomic mass is 79.9. The van der Waals surface area contributed by atoms with Crippen LogP contribution >= 0.6 is 15.9 Å². The minimum atomic E-state index is -0.645. The van der Waals surface area contributed by atoms with Crippen molar-refractivity contribution in [1.29, 1.82) is 0 Å². The van der Waals surface area contributed by atoms with E-state index in [0.29, 0.717) is 12.1 Å². The Bertz CT molecular complexity index is 446. The SMILES string of the molecule is CCC(NC1CCCC(C(=O)O)C1)c1ccc(Br)cc1. The molecule has 1 aliphatic rings. The van der Waals surface area contributed by atoms with Gasteiger partial charge in [-0.05, 0) is 43.4 Å². The molecule has 3 atom stereocenters. The van der Waals surface area contributed by atoms with Gasteiger partial charge in [0.25, 0.3) is 0 Å². The lowest BCUT2D eigenvalue weighted by atomic mass is 9.85. The zero-order valence-electron chi connectivity index (χ0n) is 11.8. The first-order valence-corrected chi connectivity index (χ1v) is 8.13. The molecule has 0 heterocycles. The molecule has 2 rings (SSSR count). The van der Waals surface area contributed by atoms with Crippen LogP contribution in [0.4, 0.5) is 0 Å². The van der Waals surface area contributed by atoms with Gasteiger partial charge in [0.15, 0.2) is 0 Å². The van der Waals surface area contributed by atoms with Crippen molar-refractivity contribution in [3.05, 3.63) is 34.3 Å². The van der Waals surface area contributed by atoms with E-state index in [4.69, 9.17) is 5.11 Å². The molecule has 3 nitrogen and oxygen atoms in total. The smallest absolute Gasteiger partial charge is 0.306 e. The van der Waals surface area contributed by atoms with Crippen LogP contribution in [0.25, 0.3) is 0 Å². The second-order valence-corrected chi connectivity index (χ2v) is 6.49. The third kappa shape index (κ3) is 4.06. The van der Waals surface area contributed by atoms with Crippen LogP contribution in [-0.4, -0.2) is 17.1 Å². The molecule has 0 amide bonds. The van der Waals surface area contributed by atoms with Gasteiger partial charge in [0.1, 0.15) is 0 Å². The maximum Gasteiger partial charge on any atom is 0.306 e. The summed E-state index contributed by atoms with van der Waals surface area (Å²) >= 11 is 3.45. The lowest BCUT2D eigenvalue weighted by molar-refractivity contribution is -0.143. The van der Waals surface area contributed by atoms with E-state index in [1.165, 1.54) is 5.56 Å². The van der Waals surface area contributed by atoms with E-state index in [9.17, 15) is 4.79 Å². The standard InChI is InChI=1S/C16H22BrNO2/c1-2-15(11-6-8-13(17)9-7-11)18-14-5-3-4-12(10-14)16(19)20/h6-9,12,14-15,18H,2-5,10H2,1H3,(H,19,20). The van der Waals surface area contributed by atoms with Gasteiger partial charge in [-0.1, -0.05) is 41.4 Å². The number of aliphatic carboxylic acids is 1. The fourth-order valence-electron chi connectivity index (χ4n) is 2.99. The van der Waals surface area contributed by atoms with Gasteiger partial charge in [-0.3, -0.25) is 4.79 Å². The lowest BCUT2D eigenvalue weighted by Gasteiger charge is -2.31. The predicted molar refractivity (Wildman–Crippen MR) is 83.7 cm³/mol. The van der Waals surface area contributed by atoms with Crippen molar-refractivity contribution in [1.82, 2.24) is 5.32 Å². The Morgan fingerprint density at radius 3 is 2.70 bits per heavy atom. The Morgan fingerprint density at radius 1 is 1.40 bits per heavy atom. The topological polar surface area (TPSA) is 49.3 Å². The first-order chi connectivity index (χ1) is 9.60. The molecule has 1 fully saturated rings. The zero-order valence-corrected chi connectivity index (χ0v) is 13.4. The van der Waals surface area contributed by atoms with Gasteiger partial charge < -0.3 is 10.4 Å². The van der Waals surface area contributed by atoms with Crippen LogP contribution in [0, 0.1) is 5.92 Å². The Morgan fingerprint density at radius 2 is 2.10 bits per heavy atom. The molecule has 0 radical (unpaired) electrons. The largest absolute Gasteiger partial charge is 0.481 e. The number of nitrogens with one attached hydrogen (secondary N) is 1. The molecule has 1 aliphatic carbocycles. The zero-order chi connectivity index (χ0) is 14.5. The van der Waals surface area contributed by atoms with E-state index in [2.05, 4.69) is 52.4 Å². The first-order valence-electron chi connectivity index (χ1n) is 7.34. The molecular weight excluding hydrogens is 318 g/mol. The summed E-state index contributed by atoms with van der Waals surface area (Å²) in [5, 5.41) is 12.8. The van der Waals surface area contributed by atoms with Gasteiger partial charge in [0.05, 0.1) is 5.92 Å². The average Bonchev–Trinajstić information content (AvgIpc) is 2.46. The fraction of sp³-hybridized carbons (Fsp3) is 0.562. The Labute approximate surface area is 128 Å². The summed E-state index contributed by atoms with van der Waals surface area (Å²) < 4.78 is 1.08. The number of carboxylic acids is 1. The highest BCUT2D eigenvalue weighted by Gasteiger charge is 2.28. The van der Waals surface area contributed by atoms with Crippen molar-refractivity contribution in [3.8, 4) is 0 Å². The molecule has 0 aliphatic heterocycles. The van der Waals surface area contributed by atoms with E-state index in [-0.39, 0.29) is 5.92 Å². The number of rotatable bonds is 5. The van der Waals surface area contributed by atoms with Crippen LogP contribution in [-0.2, 0) is 4.79 Å². The molecule has 1 aromatic carbocycles. The molecule has 0 saturated heterocycles. The summed E-state index contributed by atoms with van der Waals surface area (Å²) in [6.07, 6.45) is 4.67. The van der Waals surface area contributed by atoms with Crippen LogP contribution < -0.4 is 5.32 Å². The van der Waals surface area contributed by atoms with E-state index in [0.717, 1.165) is 36.6 Å². The Kier molecular flexibility index (Phi) is 5.61.